The molecule has 6 nitrogen and oxygen atoms in total. The van der Waals surface area contributed by atoms with Crippen LogP contribution in [-0.2, 0) is 11.3 Å². The number of carbonyl (C=O) groups is 1. The fourth-order valence-electron chi connectivity index (χ4n) is 3.04. The van der Waals surface area contributed by atoms with E-state index in [-0.39, 0.29) is 30.9 Å². The molecule has 0 aliphatic carbocycles. The highest BCUT2D eigenvalue weighted by Crippen LogP contribution is 2.34. The van der Waals surface area contributed by atoms with Gasteiger partial charge in [0.25, 0.3) is 0 Å². The number of benzene rings is 3. The maximum Gasteiger partial charge on any atom is 0.407 e. The number of nitrogens with one attached hydrogen (secondary N) is 1. The van der Waals surface area contributed by atoms with Gasteiger partial charge in [-0.1, -0.05) is 60.7 Å². The molecule has 0 fully saturated rings. The Morgan fingerprint density at radius 3 is 2.46 bits per heavy atom. The Labute approximate surface area is 163 Å². The Balaban J connectivity index is 1.53. The summed E-state index contributed by atoms with van der Waals surface area (Å²) in [6.07, 6.45) is -2.94. The largest absolute Gasteiger partial charge is 0.508 e. The van der Waals surface area contributed by atoms with Crippen LogP contribution in [0.4, 0.5) is 4.79 Å². The van der Waals surface area contributed by atoms with Gasteiger partial charge in [-0.15, -0.1) is 0 Å². The Morgan fingerprint density at radius 1 is 0.964 bits per heavy atom. The zero-order chi connectivity index (χ0) is 19.9. The standard InChI is InChI=1S/C22H23NO5/c24-18-11-10-16-8-4-5-9-17(16)20(18)21(26)19(25)12-13-23-22(27)28-14-15-6-2-1-3-7-15/h1-11,19,21,24-26H,12-14H2,(H,23,27). The predicted molar refractivity (Wildman–Crippen MR) is 106 cm³/mol. The molecule has 28 heavy (non-hydrogen) atoms. The minimum absolute atomic E-state index is 0.0829. The second kappa shape index (κ2) is 9.21. The minimum Gasteiger partial charge on any atom is -0.508 e. The lowest BCUT2D eigenvalue weighted by molar-refractivity contribution is 0.0132. The Bertz CT molecular complexity index is 929. The van der Waals surface area contributed by atoms with Crippen LogP contribution in [0.25, 0.3) is 10.8 Å². The van der Waals surface area contributed by atoms with Gasteiger partial charge in [0.15, 0.2) is 0 Å². The van der Waals surface area contributed by atoms with Crippen molar-refractivity contribution in [3.05, 3.63) is 77.9 Å². The van der Waals surface area contributed by atoms with E-state index in [0.29, 0.717) is 5.39 Å². The normalized spacial score (nSPS) is 13.1. The van der Waals surface area contributed by atoms with E-state index < -0.39 is 18.3 Å². The number of ether oxygens (including phenoxy) is 1. The number of aromatic hydroxyl groups is 1. The smallest absolute Gasteiger partial charge is 0.407 e. The number of phenolic OH excluding ortho intramolecular Hbond substituents is 1. The molecule has 3 rings (SSSR count). The maximum atomic E-state index is 11.7. The van der Waals surface area contributed by atoms with Gasteiger partial charge in [-0.3, -0.25) is 0 Å². The first-order chi connectivity index (χ1) is 13.6. The van der Waals surface area contributed by atoms with Crippen molar-refractivity contribution < 1.29 is 24.9 Å². The van der Waals surface area contributed by atoms with Gasteiger partial charge in [0.2, 0.25) is 0 Å². The molecule has 3 aromatic rings. The zero-order valence-corrected chi connectivity index (χ0v) is 15.3. The third kappa shape index (κ3) is 4.79. The molecular formula is C22H23NO5. The molecule has 0 aliphatic heterocycles. The number of phenols is 1. The molecular weight excluding hydrogens is 358 g/mol. The van der Waals surface area contributed by atoms with Gasteiger partial charge in [-0.05, 0) is 28.8 Å². The van der Waals surface area contributed by atoms with Crippen molar-refractivity contribution in [3.8, 4) is 5.75 Å². The molecule has 6 heteroatoms. The van der Waals surface area contributed by atoms with Crippen LogP contribution in [-0.4, -0.2) is 34.1 Å². The second-order valence-corrected chi connectivity index (χ2v) is 6.51. The van der Waals surface area contributed by atoms with Crippen LogP contribution in [0.5, 0.6) is 5.75 Å². The van der Waals surface area contributed by atoms with Crippen LogP contribution in [0, 0.1) is 0 Å². The van der Waals surface area contributed by atoms with Gasteiger partial charge in [0, 0.05) is 12.1 Å². The number of rotatable bonds is 7. The molecule has 146 valence electrons. The molecule has 0 radical (unpaired) electrons. The molecule has 2 atom stereocenters. The fraction of sp³-hybridized carbons (Fsp3) is 0.227. The van der Waals surface area contributed by atoms with Crippen molar-refractivity contribution in [2.45, 2.75) is 25.2 Å². The Hall–Kier alpha value is -3.09. The second-order valence-electron chi connectivity index (χ2n) is 6.51. The summed E-state index contributed by atoms with van der Waals surface area (Å²) in [6, 6.07) is 19.8. The summed E-state index contributed by atoms with van der Waals surface area (Å²) in [4.78, 5) is 11.7. The van der Waals surface area contributed by atoms with Crippen LogP contribution in [0.1, 0.15) is 23.7 Å². The first-order valence-electron chi connectivity index (χ1n) is 9.07. The highest BCUT2D eigenvalue weighted by atomic mass is 16.5. The van der Waals surface area contributed by atoms with Crippen LogP contribution in [0.3, 0.4) is 0 Å². The van der Waals surface area contributed by atoms with Crippen molar-refractivity contribution in [3.63, 3.8) is 0 Å². The predicted octanol–water partition coefficient (Wildman–Crippen LogP) is 3.26. The summed E-state index contributed by atoms with van der Waals surface area (Å²) >= 11 is 0. The van der Waals surface area contributed by atoms with Crippen LogP contribution >= 0.6 is 0 Å². The summed E-state index contributed by atoms with van der Waals surface area (Å²) in [6.45, 7) is 0.277. The molecule has 0 spiro atoms. The molecule has 0 aromatic heterocycles. The third-order valence-corrected chi connectivity index (χ3v) is 4.53. The zero-order valence-electron chi connectivity index (χ0n) is 15.3. The van der Waals surface area contributed by atoms with E-state index in [4.69, 9.17) is 4.74 Å². The highest BCUT2D eigenvalue weighted by Gasteiger charge is 2.23. The SMILES string of the molecule is O=C(NCCC(O)C(O)c1c(O)ccc2ccccc12)OCc1ccccc1. The number of amides is 1. The number of aliphatic hydroxyl groups is 2. The Kier molecular flexibility index (Phi) is 6.47. The van der Waals surface area contributed by atoms with Crippen molar-refractivity contribution in [1.82, 2.24) is 5.32 Å². The summed E-state index contributed by atoms with van der Waals surface area (Å²) in [7, 11) is 0. The van der Waals surface area contributed by atoms with Gasteiger partial charge >= 0.3 is 6.09 Å². The Morgan fingerprint density at radius 2 is 1.68 bits per heavy atom. The number of hydrogen-bond acceptors (Lipinski definition) is 5. The molecule has 0 saturated heterocycles. The van der Waals surface area contributed by atoms with Crippen molar-refractivity contribution in [2.24, 2.45) is 0 Å². The van der Waals surface area contributed by atoms with E-state index in [1.165, 1.54) is 6.07 Å². The van der Waals surface area contributed by atoms with E-state index in [0.717, 1.165) is 10.9 Å². The van der Waals surface area contributed by atoms with Gasteiger partial charge < -0.3 is 25.4 Å². The summed E-state index contributed by atoms with van der Waals surface area (Å²) < 4.78 is 5.10. The van der Waals surface area contributed by atoms with Crippen LogP contribution in [0.15, 0.2) is 66.7 Å². The average Bonchev–Trinajstić information content (AvgIpc) is 2.72. The summed E-state index contributed by atoms with van der Waals surface area (Å²) in [5, 5.41) is 35.1. The number of alkyl carbamates (subject to hydrolysis) is 1. The van der Waals surface area contributed by atoms with Gasteiger partial charge in [0.1, 0.15) is 18.5 Å². The molecule has 0 aliphatic rings. The summed E-state index contributed by atoms with van der Waals surface area (Å²) in [5.41, 5.74) is 1.15. The van der Waals surface area contributed by atoms with Crippen molar-refractivity contribution >= 4 is 16.9 Å². The van der Waals surface area contributed by atoms with Crippen LogP contribution in [0.2, 0.25) is 0 Å². The van der Waals surface area contributed by atoms with E-state index in [9.17, 15) is 20.1 Å². The minimum atomic E-state index is -1.28. The molecule has 0 heterocycles. The van der Waals surface area contributed by atoms with E-state index in [1.807, 2.05) is 42.5 Å². The number of aliphatic hydroxyl groups excluding tert-OH is 2. The molecule has 4 N–H and O–H groups in total. The first kappa shape index (κ1) is 19.7. The molecule has 0 bridgehead atoms. The monoisotopic (exact) mass is 381 g/mol. The first-order valence-corrected chi connectivity index (χ1v) is 9.07. The lowest BCUT2D eigenvalue weighted by Gasteiger charge is -2.21. The molecule has 3 aromatic carbocycles. The lowest BCUT2D eigenvalue weighted by atomic mass is 9.95. The van der Waals surface area contributed by atoms with E-state index >= 15 is 0 Å². The van der Waals surface area contributed by atoms with E-state index in [2.05, 4.69) is 5.32 Å². The van der Waals surface area contributed by atoms with Gasteiger partial charge in [-0.2, -0.15) is 0 Å². The van der Waals surface area contributed by atoms with Crippen molar-refractivity contribution in [1.29, 1.82) is 0 Å². The van der Waals surface area contributed by atoms with Crippen molar-refractivity contribution in [2.75, 3.05) is 6.54 Å². The third-order valence-electron chi connectivity index (χ3n) is 4.53. The summed E-state index contributed by atoms with van der Waals surface area (Å²) in [5.74, 6) is -0.0829. The number of carbonyl (C=O) groups excluding carboxylic acids is 1. The van der Waals surface area contributed by atoms with E-state index in [1.54, 1.807) is 18.2 Å². The molecule has 0 saturated carbocycles. The quantitative estimate of drug-likeness (QED) is 0.503. The topological polar surface area (TPSA) is 99.0 Å². The molecule has 1 amide bonds. The average molecular weight is 381 g/mol. The van der Waals surface area contributed by atoms with Gasteiger partial charge in [0.05, 0.1) is 6.10 Å². The van der Waals surface area contributed by atoms with Crippen LogP contribution < -0.4 is 5.32 Å². The fourth-order valence-corrected chi connectivity index (χ4v) is 3.04. The lowest BCUT2D eigenvalue weighted by Crippen LogP contribution is -2.29. The number of hydrogen-bond donors (Lipinski definition) is 4. The maximum absolute atomic E-state index is 11.7. The molecule has 2 unspecified atom stereocenters. The highest BCUT2D eigenvalue weighted by molar-refractivity contribution is 5.88. The number of fused-ring (bicyclic) bond motifs is 1. The van der Waals surface area contributed by atoms with Gasteiger partial charge in [-0.25, -0.2) is 4.79 Å².